The van der Waals surface area contributed by atoms with E-state index < -0.39 is 5.54 Å². The van der Waals surface area contributed by atoms with Crippen LogP contribution in [0.4, 0.5) is 0 Å². The number of thioether (sulfide) groups is 1. The Bertz CT molecular complexity index is 205. The molecule has 0 aliphatic heterocycles. The Kier molecular flexibility index (Phi) is 7.85. The molecule has 0 saturated carbocycles. The van der Waals surface area contributed by atoms with E-state index in [1.54, 1.807) is 11.8 Å². The predicted molar refractivity (Wildman–Crippen MR) is 65.9 cm³/mol. The van der Waals surface area contributed by atoms with E-state index in [-0.39, 0.29) is 6.61 Å². The van der Waals surface area contributed by atoms with Gasteiger partial charge in [-0.2, -0.15) is 17.0 Å². The number of nitriles is 1. The van der Waals surface area contributed by atoms with E-state index in [4.69, 9.17) is 10.4 Å². The fraction of sp³-hybridized carbons (Fsp3) is 0.909. The second kappa shape index (κ2) is 7.98. The van der Waals surface area contributed by atoms with Crippen LogP contribution in [0, 0.1) is 11.3 Å². The summed E-state index contributed by atoms with van der Waals surface area (Å²) >= 11 is 1.76. The van der Waals surface area contributed by atoms with Crippen LogP contribution >= 0.6 is 11.8 Å². The Balaban J connectivity index is 3.69. The lowest BCUT2D eigenvalue weighted by Gasteiger charge is -2.22. The molecule has 2 unspecified atom stereocenters. The third kappa shape index (κ3) is 6.77. The molecule has 88 valence electrons. The minimum atomic E-state index is -0.391. The monoisotopic (exact) mass is 230 g/mol. The molecule has 0 fully saturated rings. The van der Waals surface area contributed by atoms with Crippen LogP contribution in [0.2, 0.25) is 0 Å². The van der Waals surface area contributed by atoms with Gasteiger partial charge in [-0.25, -0.2) is 0 Å². The number of nitrogens with one attached hydrogen (secondary N) is 1. The third-order valence-electron chi connectivity index (χ3n) is 2.29. The molecular weight excluding hydrogens is 208 g/mol. The Morgan fingerprint density at radius 2 is 2.27 bits per heavy atom. The molecule has 0 rings (SSSR count). The lowest BCUT2D eigenvalue weighted by molar-refractivity contribution is 0.300. The standard InChI is InChI=1S/C11H22N2OS/c1-4-13-11(3,9-12)6-5-7-15-10(2)8-14/h10,13-14H,4-8H2,1-3H3. The molecule has 0 saturated heterocycles. The van der Waals surface area contributed by atoms with Crippen molar-refractivity contribution in [1.29, 1.82) is 5.26 Å². The van der Waals surface area contributed by atoms with Gasteiger partial charge in [-0.05, 0) is 32.1 Å². The molecule has 0 aromatic heterocycles. The smallest absolute Gasteiger partial charge is 0.103 e. The number of rotatable bonds is 8. The normalized spacial score (nSPS) is 16.7. The SMILES string of the molecule is CCNC(C)(C#N)CCCSC(C)CO. The highest BCUT2D eigenvalue weighted by Crippen LogP contribution is 2.16. The Morgan fingerprint density at radius 3 is 2.73 bits per heavy atom. The van der Waals surface area contributed by atoms with E-state index >= 15 is 0 Å². The molecule has 2 N–H and O–H groups in total. The number of nitrogens with zero attached hydrogens (tertiary/aromatic N) is 1. The average Bonchev–Trinajstić information content (AvgIpc) is 2.24. The van der Waals surface area contributed by atoms with Crippen LogP contribution in [0.5, 0.6) is 0 Å². The van der Waals surface area contributed by atoms with Crippen LogP contribution in [0.25, 0.3) is 0 Å². The number of aliphatic hydroxyl groups is 1. The van der Waals surface area contributed by atoms with Gasteiger partial charge >= 0.3 is 0 Å². The molecule has 0 spiro atoms. The van der Waals surface area contributed by atoms with Crippen molar-refractivity contribution >= 4 is 11.8 Å². The maximum Gasteiger partial charge on any atom is 0.103 e. The summed E-state index contributed by atoms with van der Waals surface area (Å²) in [5.41, 5.74) is -0.391. The second-order valence-electron chi connectivity index (χ2n) is 3.94. The molecule has 4 heteroatoms. The summed E-state index contributed by atoms with van der Waals surface area (Å²) in [6, 6.07) is 2.31. The first-order chi connectivity index (χ1) is 7.08. The van der Waals surface area contributed by atoms with E-state index in [2.05, 4.69) is 11.4 Å². The van der Waals surface area contributed by atoms with E-state index in [9.17, 15) is 0 Å². The van der Waals surface area contributed by atoms with Gasteiger partial charge in [-0.3, -0.25) is 5.32 Å². The highest BCUT2D eigenvalue weighted by molar-refractivity contribution is 7.99. The van der Waals surface area contributed by atoms with Gasteiger partial charge in [0.2, 0.25) is 0 Å². The van der Waals surface area contributed by atoms with Crippen molar-refractivity contribution in [3.8, 4) is 6.07 Å². The van der Waals surface area contributed by atoms with Crippen molar-refractivity contribution in [1.82, 2.24) is 5.32 Å². The van der Waals surface area contributed by atoms with Crippen molar-refractivity contribution < 1.29 is 5.11 Å². The molecular formula is C11H22N2OS. The van der Waals surface area contributed by atoms with Gasteiger partial charge in [0.15, 0.2) is 0 Å². The first-order valence-corrected chi connectivity index (χ1v) is 6.51. The molecule has 0 aliphatic carbocycles. The van der Waals surface area contributed by atoms with E-state index in [1.165, 1.54) is 0 Å². The number of hydrogen-bond acceptors (Lipinski definition) is 4. The summed E-state index contributed by atoms with van der Waals surface area (Å²) in [5, 5.41) is 21.3. The molecule has 0 aromatic carbocycles. The van der Waals surface area contributed by atoms with Crippen molar-refractivity contribution in [3.63, 3.8) is 0 Å². The Hall–Kier alpha value is -0.240. The van der Waals surface area contributed by atoms with Gasteiger partial charge in [-0.15, -0.1) is 0 Å². The van der Waals surface area contributed by atoms with Gasteiger partial charge in [0.05, 0.1) is 12.7 Å². The highest BCUT2D eigenvalue weighted by Gasteiger charge is 2.21. The van der Waals surface area contributed by atoms with E-state index in [0.29, 0.717) is 5.25 Å². The van der Waals surface area contributed by atoms with Crippen molar-refractivity contribution in [3.05, 3.63) is 0 Å². The minimum Gasteiger partial charge on any atom is -0.395 e. The van der Waals surface area contributed by atoms with Gasteiger partial charge in [0, 0.05) is 5.25 Å². The van der Waals surface area contributed by atoms with Crippen molar-refractivity contribution in [2.45, 2.75) is 44.4 Å². The van der Waals surface area contributed by atoms with Gasteiger partial charge in [0.1, 0.15) is 5.54 Å². The summed E-state index contributed by atoms with van der Waals surface area (Å²) in [5.74, 6) is 1.00. The molecule has 2 atom stereocenters. The average molecular weight is 230 g/mol. The summed E-state index contributed by atoms with van der Waals surface area (Å²) in [6.45, 7) is 7.02. The summed E-state index contributed by atoms with van der Waals surface area (Å²) in [7, 11) is 0. The fourth-order valence-electron chi connectivity index (χ4n) is 1.34. The largest absolute Gasteiger partial charge is 0.395 e. The molecule has 0 heterocycles. The van der Waals surface area contributed by atoms with Gasteiger partial charge in [0.25, 0.3) is 0 Å². The maximum atomic E-state index is 9.01. The molecule has 0 aliphatic rings. The lowest BCUT2D eigenvalue weighted by Crippen LogP contribution is -2.40. The van der Waals surface area contributed by atoms with Gasteiger partial charge < -0.3 is 5.11 Å². The Morgan fingerprint density at radius 1 is 1.60 bits per heavy atom. The summed E-state index contributed by atoms with van der Waals surface area (Å²) < 4.78 is 0. The zero-order chi connectivity index (χ0) is 11.7. The minimum absolute atomic E-state index is 0.230. The van der Waals surface area contributed by atoms with Crippen LogP contribution in [-0.2, 0) is 0 Å². The summed E-state index contributed by atoms with van der Waals surface area (Å²) in [6.07, 6.45) is 1.87. The molecule has 15 heavy (non-hydrogen) atoms. The maximum absolute atomic E-state index is 9.01. The van der Waals surface area contributed by atoms with E-state index in [1.807, 2.05) is 20.8 Å². The topological polar surface area (TPSA) is 56.0 Å². The zero-order valence-electron chi connectivity index (χ0n) is 9.92. The Labute approximate surface area is 97.2 Å². The number of aliphatic hydroxyl groups excluding tert-OH is 1. The fourth-order valence-corrected chi connectivity index (χ4v) is 2.16. The zero-order valence-corrected chi connectivity index (χ0v) is 10.7. The van der Waals surface area contributed by atoms with E-state index in [0.717, 1.165) is 25.1 Å². The lowest BCUT2D eigenvalue weighted by atomic mass is 9.98. The first kappa shape index (κ1) is 14.8. The molecule has 0 aromatic rings. The van der Waals surface area contributed by atoms with Gasteiger partial charge in [-0.1, -0.05) is 13.8 Å². The highest BCUT2D eigenvalue weighted by atomic mass is 32.2. The summed E-state index contributed by atoms with van der Waals surface area (Å²) in [4.78, 5) is 0. The second-order valence-corrected chi connectivity index (χ2v) is 5.49. The van der Waals surface area contributed by atoms with Crippen LogP contribution in [0.3, 0.4) is 0 Å². The van der Waals surface area contributed by atoms with Crippen molar-refractivity contribution in [2.75, 3.05) is 18.9 Å². The van der Waals surface area contributed by atoms with Crippen LogP contribution in [-0.4, -0.2) is 34.8 Å². The van der Waals surface area contributed by atoms with Crippen LogP contribution in [0.15, 0.2) is 0 Å². The predicted octanol–water partition coefficient (Wildman–Crippen LogP) is 1.77. The van der Waals surface area contributed by atoms with Crippen LogP contribution in [0.1, 0.15) is 33.6 Å². The third-order valence-corrected chi connectivity index (χ3v) is 3.54. The molecule has 0 bridgehead atoms. The van der Waals surface area contributed by atoms with Crippen LogP contribution < -0.4 is 5.32 Å². The number of hydrogen-bond donors (Lipinski definition) is 2. The quantitative estimate of drug-likeness (QED) is 0.624. The first-order valence-electron chi connectivity index (χ1n) is 5.46. The molecule has 0 radical (unpaired) electrons. The molecule has 0 amide bonds. The van der Waals surface area contributed by atoms with Crippen molar-refractivity contribution in [2.24, 2.45) is 0 Å². The molecule has 3 nitrogen and oxygen atoms in total.